The van der Waals surface area contributed by atoms with Crippen LogP contribution in [0.1, 0.15) is 28.8 Å². The highest BCUT2D eigenvalue weighted by molar-refractivity contribution is 5.93. The van der Waals surface area contributed by atoms with E-state index < -0.39 is 0 Å². The molecule has 1 aliphatic rings. The van der Waals surface area contributed by atoms with Gasteiger partial charge >= 0.3 is 0 Å². The highest BCUT2D eigenvalue weighted by Crippen LogP contribution is 2.25. The van der Waals surface area contributed by atoms with Gasteiger partial charge in [-0.05, 0) is 42.9 Å². The van der Waals surface area contributed by atoms with Gasteiger partial charge in [-0.25, -0.2) is 0 Å². The average molecular weight is 332 g/mol. The maximum absolute atomic E-state index is 12.7. The Bertz CT molecular complexity index is 876. The Hall–Kier alpha value is -2.82. The minimum absolute atomic E-state index is 0.0515. The van der Waals surface area contributed by atoms with Crippen LogP contribution in [-0.2, 0) is 6.42 Å². The second-order valence-electron chi connectivity index (χ2n) is 6.59. The van der Waals surface area contributed by atoms with Gasteiger partial charge in [0, 0.05) is 24.7 Å². The van der Waals surface area contributed by atoms with Crippen molar-refractivity contribution in [1.82, 2.24) is 20.1 Å². The van der Waals surface area contributed by atoms with Crippen molar-refractivity contribution in [1.29, 1.82) is 0 Å². The number of hydrogen-bond acceptors (Lipinski definition) is 4. The summed E-state index contributed by atoms with van der Waals surface area (Å²) >= 11 is 0. The second kappa shape index (κ2) is 6.97. The summed E-state index contributed by atoms with van der Waals surface area (Å²) in [5.41, 5.74) is 2.96. The molecular formula is C20H20N4O. The minimum Gasteiger partial charge on any atom is -0.338 e. The van der Waals surface area contributed by atoms with Crippen LogP contribution in [0.4, 0.5) is 0 Å². The fourth-order valence-corrected chi connectivity index (χ4v) is 3.66. The van der Waals surface area contributed by atoms with Gasteiger partial charge < -0.3 is 4.90 Å². The molecule has 3 aromatic rings. The van der Waals surface area contributed by atoms with Crippen LogP contribution in [0.25, 0.3) is 10.9 Å². The summed E-state index contributed by atoms with van der Waals surface area (Å²) in [6, 6.07) is 12.1. The van der Waals surface area contributed by atoms with E-state index in [4.69, 9.17) is 0 Å². The Morgan fingerprint density at radius 3 is 2.92 bits per heavy atom. The SMILES string of the molecule is O=C(c1ccnnc1)N1CCC[C@@H](Cc2cccc3cccnc23)C1. The lowest BCUT2D eigenvalue weighted by molar-refractivity contribution is 0.0673. The van der Waals surface area contributed by atoms with E-state index in [1.165, 1.54) is 10.9 Å². The highest BCUT2D eigenvalue weighted by Gasteiger charge is 2.25. The average Bonchev–Trinajstić information content (AvgIpc) is 2.69. The predicted octanol–water partition coefficient (Wildman–Crippen LogP) is 3.12. The topological polar surface area (TPSA) is 59.0 Å². The highest BCUT2D eigenvalue weighted by atomic mass is 16.2. The third-order valence-corrected chi connectivity index (χ3v) is 4.86. The van der Waals surface area contributed by atoms with Crippen LogP contribution in [0, 0.1) is 5.92 Å². The molecule has 0 unspecified atom stereocenters. The smallest absolute Gasteiger partial charge is 0.255 e. The molecule has 126 valence electrons. The lowest BCUT2D eigenvalue weighted by atomic mass is 9.90. The molecule has 25 heavy (non-hydrogen) atoms. The molecule has 0 spiro atoms. The molecule has 1 amide bonds. The zero-order valence-electron chi connectivity index (χ0n) is 14.0. The Balaban J connectivity index is 1.51. The van der Waals surface area contributed by atoms with E-state index in [0.717, 1.165) is 37.9 Å². The van der Waals surface area contributed by atoms with Gasteiger partial charge in [0.1, 0.15) is 0 Å². The van der Waals surface area contributed by atoms with Crippen LogP contribution >= 0.6 is 0 Å². The molecule has 0 aliphatic carbocycles. The van der Waals surface area contributed by atoms with E-state index in [2.05, 4.69) is 39.4 Å². The quantitative estimate of drug-likeness (QED) is 0.739. The summed E-state index contributed by atoms with van der Waals surface area (Å²) in [5, 5.41) is 8.73. The number of piperidine rings is 1. The zero-order chi connectivity index (χ0) is 17.1. The molecule has 0 N–H and O–H groups in total. The number of pyridine rings is 1. The van der Waals surface area contributed by atoms with Gasteiger partial charge in [0.2, 0.25) is 0 Å². The van der Waals surface area contributed by atoms with Crippen molar-refractivity contribution in [2.45, 2.75) is 19.3 Å². The molecule has 1 atom stereocenters. The third-order valence-electron chi connectivity index (χ3n) is 4.86. The molecule has 4 rings (SSSR count). The summed E-state index contributed by atoms with van der Waals surface area (Å²) < 4.78 is 0. The van der Waals surface area contributed by atoms with E-state index in [-0.39, 0.29) is 5.91 Å². The van der Waals surface area contributed by atoms with Crippen molar-refractivity contribution in [3.05, 3.63) is 66.1 Å². The largest absolute Gasteiger partial charge is 0.338 e. The summed E-state index contributed by atoms with van der Waals surface area (Å²) in [5.74, 6) is 0.510. The first-order valence-corrected chi connectivity index (χ1v) is 8.70. The number of nitrogens with zero attached hydrogens (tertiary/aromatic N) is 4. The van der Waals surface area contributed by atoms with Crippen molar-refractivity contribution in [3.63, 3.8) is 0 Å². The Morgan fingerprint density at radius 2 is 2.04 bits per heavy atom. The molecule has 0 radical (unpaired) electrons. The molecule has 1 saturated heterocycles. The summed E-state index contributed by atoms with van der Waals surface area (Å²) in [4.78, 5) is 19.2. The minimum atomic E-state index is 0.0515. The molecule has 1 aromatic carbocycles. The number of para-hydroxylation sites is 1. The van der Waals surface area contributed by atoms with E-state index in [0.29, 0.717) is 11.5 Å². The molecule has 1 aliphatic heterocycles. The van der Waals surface area contributed by atoms with E-state index in [1.54, 1.807) is 18.5 Å². The number of benzene rings is 1. The number of hydrogen-bond donors (Lipinski definition) is 0. The van der Waals surface area contributed by atoms with E-state index in [9.17, 15) is 4.79 Å². The molecule has 5 nitrogen and oxygen atoms in total. The van der Waals surface area contributed by atoms with Gasteiger partial charge in [-0.2, -0.15) is 10.2 Å². The molecule has 3 heterocycles. The second-order valence-corrected chi connectivity index (χ2v) is 6.59. The molecule has 0 saturated carbocycles. The van der Waals surface area contributed by atoms with Gasteiger partial charge in [-0.15, -0.1) is 0 Å². The van der Waals surface area contributed by atoms with Crippen molar-refractivity contribution in [3.8, 4) is 0 Å². The maximum atomic E-state index is 12.7. The monoisotopic (exact) mass is 332 g/mol. The molecule has 5 heteroatoms. The number of amides is 1. The first-order valence-electron chi connectivity index (χ1n) is 8.70. The lowest BCUT2D eigenvalue weighted by Gasteiger charge is -2.33. The fraction of sp³-hybridized carbons (Fsp3) is 0.300. The molecular weight excluding hydrogens is 312 g/mol. The number of carbonyl (C=O) groups is 1. The third kappa shape index (κ3) is 3.36. The normalized spacial score (nSPS) is 17.6. The summed E-state index contributed by atoms with van der Waals surface area (Å²) in [6.07, 6.45) is 8.08. The summed E-state index contributed by atoms with van der Waals surface area (Å²) in [7, 11) is 0. The van der Waals surface area contributed by atoms with Crippen LogP contribution in [-0.4, -0.2) is 39.1 Å². The Labute approximate surface area is 146 Å². The summed E-state index contributed by atoms with van der Waals surface area (Å²) in [6.45, 7) is 1.59. The Kier molecular flexibility index (Phi) is 4.37. The standard InChI is InChI=1S/C20H20N4O/c25-20(18-8-10-22-23-13-18)24-11-3-4-15(14-24)12-17-6-1-5-16-7-2-9-21-19(16)17/h1-2,5-10,13,15H,3-4,11-12,14H2/t15-/m0/s1. The number of likely N-dealkylation sites (tertiary alicyclic amines) is 1. The van der Waals surface area contributed by atoms with Crippen molar-refractivity contribution in [2.75, 3.05) is 13.1 Å². The predicted molar refractivity (Wildman–Crippen MR) is 96.1 cm³/mol. The van der Waals surface area contributed by atoms with Gasteiger partial charge in [0.15, 0.2) is 0 Å². The first kappa shape index (κ1) is 15.7. The molecule has 0 bridgehead atoms. The number of aromatic nitrogens is 3. The maximum Gasteiger partial charge on any atom is 0.255 e. The van der Waals surface area contributed by atoms with Crippen molar-refractivity contribution in [2.24, 2.45) is 5.92 Å². The van der Waals surface area contributed by atoms with Crippen molar-refractivity contribution < 1.29 is 4.79 Å². The van der Waals surface area contributed by atoms with E-state index >= 15 is 0 Å². The van der Waals surface area contributed by atoms with Gasteiger partial charge in [0.05, 0.1) is 23.5 Å². The van der Waals surface area contributed by atoms with Crippen LogP contribution in [0.5, 0.6) is 0 Å². The van der Waals surface area contributed by atoms with Gasteiger partial charge in [-0.1, -0.05) is 24.3 Å². The number of carbonyl (C=O) groups excluding carboxylic acids is 1. The number of fused-ring (bicyclic) bond motifs is 1. The zero-order valence-corrected chi connectivity index (χ0v) is 14.0. The van der Waals surface area contributed by atoms with Crippen molar-refractivity contribution >= 4 is 16.8 Å². The number of rotatable bonds is 3. The van der Waals surface area contributed by atoms with Crippen LogP contribution < -0.4 is 0 Å². The van der Waals surface area contributed by atoms with Crippen LogP contribution in [0.15, 0.2) is 55.0 Å². The Morgan fingerprint density at radius 1 is 1.12 bits per heavy atom. The fourth-order valence-electron chi connectivity index (χ4n) is 3.66. The van der Waals surface area contributed by atoms with Crippen LogP contribution in [0.3, 0.4) is 0 Å². The molecule has 1 fully saturated rings. The first-order chi connectivity index (χ1) is 12.3. The molecule has 2 aromatic heterocycles. The van der Waals surface area contributed by atoms with Gasteiger partial charge in [0.25, 0.3) is 5.91 Å². The lowest BCUT2D eigenvalue weighted by Crippen LogP contribution is -2.40. The van der Waals surface area contributed by atoms with Gasteiger partial charge in [-0.3, -0.25) is 9.78 Å². The van der Waals surface area contributed by atoms with E-state index in [1.807, 2.05) is 17.2 Å². The van der Waals surface area contributed by atoms with Crippen LogP contribution in [0.2, 0.25) is 0 Å².